The molecular formula is C12H19N3O3. The maximum Gasteiger partial charge on any atom is 0.410 e. The van der Waals surface area contributed by atoms with Crippen LogP contribution in [0.5, 0.6) is 0 Å². The molecule has 6 nitrogen and oxygen atoms in total. The van der Waals surface area contributed by atoms with Crippen molar-refractivity contribution in [3.05, 3.63) is 21.6 Å². The number of H-pyrrole nitrogens is 2. The number of carbonyl (C=O) groups excluding carboxylic acids is 1. The molecule has 2 rings (SSSR count). The van der Waals surface area contributed by atoms with Crippen molar-refractivity contribution in [2.45, 2.75) is 45.8 Å². The molecule has 1 unspecified atom stereocenters. The van der Waals surface area contributed by atoms with Crippen LogP contribution in [0, 0.1) is 0 Å². The second-order valence-corrected chi connectivity index (χ2v) is 5.57. The average molecular weight is 253 g/mol. The maximum absolute atomic E-state index is 12.0. The fraction of sp³-hybridized carbons (Fsp3) is 0.667. The van der Waals surface area contributed by atoms with E-state index in [4.69, 9.17) is 4.74 Å². The lowest BCUT2D eigenvalue weighted by molar-refractivity contribution is 0.0155. The molecule has 0 fully saturated rings. The van der Waals surface area contributed by atoms with E-state index in [1.54, 1.807) is 4.90 Å². The third-order valence-corrected chi connectivity index (χ3v) is 3.03. The van der Waals surface area contributed by atoms with Gasteiger partial charge in [-0.3, -0.25) is 19.9 Å². The van der Waals surface area contributed by atoms with Gasteiger partial charge < -0.3 is 4.74 Å². The quantitative estimate of drug-likeness (QED) is 0.736. The third kappa shape index (κ3) is 2.27. The minimum atomic E-state index is -0.511. The molecule has 6 heteroatoms. The highest BCUT2D eigenvalue weighted by molar-refractivity contribution is 5.69. The number of carbonyl (C=O) groups is 1. The number of rotatable bonds is 0. The van der Waals surface area contributed by atoms with Gasteiger partial charge in [-0.05, 0) is 34.1 Å². The van der Waals surface area contributed by atoms with Crippen molar-refractivity contribution in [1.29, 1.82) is 0 Å². The second kappa shape index (κ2) is 4.19. The van der Waals surface area contributed by atoms with Crippen molar-refractivity contribution in [3.8, 4) is 0 Å². The SMILES string of the molecule is CC1c2[nH][nH]c(=O)c2CCN1C(=O)OC(C)(C)C. The van der Waals surface area contributed by atoms with Crippen LogP contribution in [0.15, 0.2) is 4.79 Å². The van der Waals surface area contributed by atoms with Crippen LogP contribution in [-0.4, -0.2) is 33.3 Å². The summed E-state index contributed by atoms with van der Waals surface area (Å²) in [5, 5.41) is 5.39. The highest BCUT2D eigenvalue weighted by atomic mass is 16.6. The molecule has 1 aromatic heterocycles. The molecule has 1 atom stereocenters. The zero-order valence-corrected chi connectivity index (χ0v) is 11.2. The Balaban J connectivity index is 2.19. The van der Waals surface area contributed by atoms with Crippen LogP contribution in [0.4, 0.5) is 4.79 Å². The first-order valence-corrected chi connectivity index (χ1v) is 6.08. The summed E-state index contributed by atoms with van der Waals surface area (Å²) in [6.45, 7) is 7.89. The number of amides is 1. The van der Waals surface area contributed by atoms with Crippen molar-refractivity contribution in [2.75, 3.05) is 6.54 Å². The van der Waals surface area contributed by atoms with Crippen LogP contribution >= 0.6 is 0 Å². The number of nitrogens with zero attached hydrogens (tertiary/aromatic N) is 1. The lowest BCUT2D eigenvalue weighted by Crippen LogP contribution is -2.42. The number of aromatic nitrogens is 2. The Morgan fingerprint density at radius 1 is 1.39 bits per heavy atom. The van der Waals surface area contributed by atoms with Crippen molar-refractivity contribution < 1.29 is 9.53 Å². The van der Waals surface area contributed by atoms with Crippen LogP contribution in [0.2, 0.25) is 0 Å². The number of nitrogens with one attached hydrogen (secondary N) is 2. The van der Waals surface area contributed by atoms with Gasteiger partial charge in [0.15, 0.2) is 0 Å². The van der Waals surface area contributed by atoms with Gasteiger partial charge in [0, 0.05) is 12.1 Å². The topological polar surface area (TPSA) is 78.2 Å². The molecule has 1 aliphatic rings. The van der Waals surface area contributed by atoms with Crippen molar-refractivity contribution in [1.82, 2.24) is 15.1 Å². The van der Waals surface area contributed by atoms with Gasteiger partial charge in [0.05, 0.1) is 11.7 Å². The van der Waals surface area contributed by atoms with Crippen LogP contribution in [0.1, 0.15) is 45.0 Å². The Kier molecular flexibility index (Phi) is 2.96. The molecule has 1 aliphatic heterocycles. The van der Waals surface area contributed by atoms with Gasteiger partial charge in [0.2, 0.25) is 0 Å². The Labute approximate surface area is 105 Å². The highest BCUT2D eigenvalue weighted by Gasteiger charge is 2.33. The summed E-state index contributed by atoms with van der Waals surface area (Å²) >= 11 is 0. The minimum Gasteiger partial charge on any atom is -0.444 e. The molecule has 100 valence electrons. The summed E-state index contributed by atoms with van der Waals surface area (Å²) in [5.41, 5.74) is 0.905. The van der Waals surface area contributed by atoms with E-state index in [0.29, 0.717) is 13.0 Å². The second-order valence-electron chi connectivity index (χ2n) is 5.57. The molecule has 0 radical (unpaired) electrons. The van der Waals surface area contributed by atoms with Gasteiger partial charge in [0.25, 0.3) is 5.56 Å². The highest BCUT2D eigenvalue weighted by Crippen LogP contribution is 2.27. The first-order valence-electron chi connectivity index (χ1n) is 6.08. The first-order chi connectivity index (χ1) is 8.29. The number of hydrogen-bond donors (Lipinski definition) is 2. The van der Waals surface area contributed by atoms with E-state index in [9.17, 15) is 9.59 Å². The number of fused-ring (bicyclic) bond motifs is 1. The molecule has 0 bridgehead atoms. The Morgan fingerprint density at radius 3 is 2.67 bits per heavy atom. The van der Waals surface area contributed by atoms with Crippen LogP contribution < -0.4 is 5.56 Å². The molecule has 1 aromatic rings. The zero-order chi connectivity index (χ0) is 13.5. The van der Waals surface area contributed by atoms with E-state index in [1.807, 2.05) is 27.7 Å². The minimum absolute atomic E-state index is 0.0966. The van der Waals surface area contributed by atoms with Crippen molar-refractivity contribution in [2.24, 2.45) is 0 Å². The molecule has 0 saturated carbocycles. The van der Waals surface area contributed by atoms with Gasteiger partial charge in [-0.2, -0.15) is 0 Å². The number of hydrogen-bond acceptors (Lipinski definition) is 3. The fourth-order valence-electron chi connectivity index (χ4n) is 2.15. The zero-order valence-electron chi connectivity index (χ0n) is 11.2. The van der Waals surface area contributed by atoms with E-state index in [-0.39, 0.29) is 17.7 Å². The lowest BCUT2D eigenvalue weighted by Gasteiger charge is -2.34. The smallest absolute Gasteiger partial charge is 0.410 e. The largest absolute Gasteiger partial charge is 0.444 e. The first kappa shape index (κ1) is 12.7. The molecule has 0 aliphatic carbocycles. The predicted molar refractivity (Wildman–Crippen MR) is 66.5 cm³/mol. The third-order valence-electron chi connectivity index (χ3n) is 3.03. The molecule has 0 aromatic carbocycles. The van der Waals surface area contributed by atoms with Gasteiger partial charge in [-0.25, -0.2) is 4.79 Å². The summed E-state index contributed by atoms with van der Waals surface area (Å²) in [4.78, 5) is 25.2. The molecule has 1 amide bonds. The van der Waals surface area contributed by atoms with Gasteiger partial charge in [0.1, 0.15) is 5.60 Å². The average Bonchev–Trinajstić information content (AvgIpc) is 2.59. The monoisotopic (exact) mass is 253 g/mol. The Morgan fingerprint density at radius 2 is 2.06 bits per heavy atom. The normalized spacial score (nSPS) is 19.6. The van der Waals surface area contributed by atoms with Crippen LogP contribution in [0.3, 0.4) is 0 Å². The predicted octanol–water partition coefficient (Wildman–Crippen LogP) is 1.56. The molecule has 0 saturated heterocycles. The summed E-state index contributed by atoms with van der Waals surface area (Å²) in [5.74, 6) is 0. The van der Waals surface area contributed by atoms with Gasteiger partial charge >= 0.3 is 6.09 Å². The van der Waals surface area contributed by atoms with Gasteiger partial charge in [-0.15, -0.1) is 0 Å². The summed E-state index contributed by atoms with van der Waals surface area (Å²) in [7, 11) is 0. The van der Waals surface area contributed by atoms with Crippen LogP contribution in [-0.2, 0) is 11.2 Å². The Hall–Kier alpha value is -1.72. The van der Waals surface area contributed by atoms with Crippen LogP contribution in [0.25, 0.3) is 0 Å². The molecule has 2 heterocycles. The number of ether oxygens (including phenoxy) is 1. The Bertz CT molecular complexity index is 509. The molecular weight excluding hydrogens is 234 g/mol. The van der Waals surface area contributed by atoms with Gasteiger partial charge in [-0.1, -0.05) is 0 Å². The summed E-state index contributed by atoms with van der Waals surface area (Å²) in [6.07, 6.45) is 0.209. The summed E-state index contributed by atoms with van der Waals surface area (Å²) in [6, 6.07) is -0.178. The van der Waals surface area contributed by atoms with E-state index in [0.717, 1.165) is 11.3 Å². The molecule has 2 N–H and O–H groups in total. The standard InChI is InChI=1S/C12H19N3O3/c1-7-9-8(10(16)14-13-9)5-6-15(7)11(17)18-12(2,3)4/h7H,5-6H2,1-4H3,(H2,13,14,16). The summed E-state index contributed by atoms with van der Waals surface area (Å²) < 4.78 is 5.35. The fourth-order valence-corrected chi connectivity index (χ4v) is 2.15. The maximum atomic E-state index is 12.0. The van der Waals surface area contributed by atoms with Crippen molar-refractivity contribution in [3.63, 3.8) is 0 Å². The van der Waals surface area contributed by atoms with E-state index >= 15 is 0 Å². The van der Waals surface area contributed by atoms with E-state index in [1.165, 1.54) is 0 Å². The van der Waals surface area contributed by atoms with E-state index in [2.05, 4.69) is 10.2 Å². The number of aromatic amines is 2. The van der Waals surface area contributed by atoms with Crippen molar-refractivity contribution >= 4 is 6.09 Å². The molecule has 0 spiro atoms. The molecule has 18 heavy (non-hydrogen) atoms. The lowest BCUT2D eigenvalue weighted by atomic mass is 10.0. The van der Waals surface area contributed by atoms with E-state index < -0.39 is 5.60 Å².